The molecule has 2 aromatic heterocycles. The number of esters is 1. The zero-order valence-electron chi connectivity index (χ0n) is 20.1. The van der Waals surface area contributed by atoms with Crippen LogP contribution in [0.1, 0.15) is 40.9 Å². The first-order valence-corrected chi connectivity index (χ1v) is 12.1. The van der Waals surface area contributed by atoms with E-state index in [1.165, 1.54) is 40.3 Å². The largest absolute Gasteiger partial charge is 0.456 e. The Hall–Kier alpha value is -4.57. The summed E-state index contributed by atoms with van der Waals surface area (Å²) in [5.41, 5.74) is 0.208. The molecule has 1 saturated heterocycles. The van der Waals surface area contributed by atoms with Crippen LogP contribution in [0.15, 0.2) is 36.8 Å². The summed E-state index contributed by atoms with van der Waals surface area (Å²) in [5.74, 6) is -3.83. The summed E-state index contributed by atoms with van der Waals surface area (Å²) in [6.07, 6.45) is 4.31. The van der Waals surface area contributed by atoms with Gasteiger partial charge in [-0.15, -0.1) is 5.10 Å². The van der Waals surface area contributed by atoms with Crippen molar-refractivity contribution in [3.05, 3.63) is 70.3 Å². The van der Waals surface area contributed by atoms with Gasteiger partial charge >= 0.3 is 5.97 Å². The Balaban J connectivity index is 1.33. The molecule has 0 N–H and O–H groups in total. The summed E-state index contributed by atoms with van der Waals surface area (Å²) in [6.45, 7) is -0.751. The number of rotatable bonds is 7. The van der Waals surface area contributed by atoms with Gasteiger partial charge in [-0.05, 0) is 53.5 Å². The van der Waals surface area contributed by atoms with Crippen LogP contribution in [-0.4, -0.2) is 66.4 Å². The van der Waals surface area contributed by atoms with E-state index in [9.17, 15) is 18.8 Å². The highest BCUT2D eigenvalue weighted by Crippen LogP contribution is 2.40. The summed E-state index contributed by atoms with van der Waals surface area (Å²) in [6, 6.07) is 4.40. The highest BCUT2D eigenvalue weighted by molar-refractivity contribution is 6.31. The molecule has 0 bridgehead atoms. The van der Waals surface area contributed by atoms with Crippen LogP contribution in [0.5, 0.6) is 0 Å². The second kappa shape index (κ2) is 10.7. The van der Waals surface area contributed by atoms with Crippen LogP contribution in [-0.2, 0) is 20.7 Å². The van der Waals surface area contributed by atoms with Crippen LogP contribution in [0.2, 0.25) is 5.02 Å². The summed E-state index contributed by atoms with van der Waals surface area (Å²) in [7, 11) is 0. The van der Waals surface area contributed by atoms with E-state index in [-0.39, 0.29) is 41.1 Å². The Morgan fingerprint density at radius 1 is 1.21 bits per heavy atom. The van der Waals surface area contributed by atoms with Crippen LogP contribution in [0.25, 0.3) is 11.3 Å². The molecule has 4 heterocycles. The number of hydrogen-bond donors (Lipinski definition) is 0. The van der Waals surface area contributed by atoms with E-state index in [4.69, 9.17) is 21.6 Å². The van der Waals surface area contributed by atoms with E-state index >= 15 is 4.39 Å². The van der Waals surface area contributed by atoms with Crippen molar-refractivity contribution in [1.82, 2.24) is 30.1 Å². The number of nitrogens with zero attached hydrogens (tertiary/aromatic N) is 7. The molecule has 2 atom stereocenters. The van der Waals surface area contributed by atoms with Crippen molar-refractivity contribution in [3.63, 3.8) is 0 Å². The van der Waals surface area contributed by atoms with E-state index in [0.717, 1.165) is 6.07 Å². The summed E-state index contributed by atoms with van der Waals surface area (Å²) in [5, 5.41) is 19.6. The van der Waals surface area contributed by atoms with Gasteiger partial charge in [-0.3, -0.25) is 14.6 Å². The maximum absolute atomic E-state index is 15.2. The smallest absolute Gasteiger partial charge is 0.329 e. The van der Waals surface area contributed by atoms with Crippen molar-refractivity contribution in [3.8, 4) is 11.8 Å². The molecule has 198 valence electrons. The molecule has 1 fully saturated rings. The first-order valence-electron chi connectivity index (χ1n) is 11.7. The molecule has 0 radical (unpaired) electrons. The fraction of sp³-hybridized carbons (Fsp3) is 0.280. The Bertz CT molecular complexity index is 1550. The molecule has 2 aliphatic rings. The van der Waals surface area contributed by atoms with Gasteiger partial charge in [0.2, 0.25) is 11.7 Å². The minimum absolute atomic E-state index is 0.0783. The van der Waals surface area contributed by atoms with Gasteiger partial charge < -0.3 is 9.64 Å². The van der Waals surface area contributed by atoms with Crippen molar-refractivity contribution >= 4 is 34.8 Å². The first kappa shape index (κ1) is 26.1. The number of fused-ring (bicyclic) bond motifs is 1. The van der Waals surface area contributed by atoms with Crippen LogP contribution in [0, 0.1) is 23.0 Å². The number of tetrazole rings is 1. The summed E-state index contributed by atoms with van der Waals surface area (Å²) >= 11 is 6.03. The maximum Gasteiger partial charge on any atom is 0.329 e. The van der Waals surface area contributed by atoms with Gasteiger partial charge in [-0.2, -0.15) is 9.94 Å². The zero-order chi connectivity index (χ0) is 27.7. The van der Waals surface area contributed by atoms with Crippen LogP contribution < -0.4 is 0 Å². The van der Waals surface area contributed by atoms with Crippen LogP contribution in [0.3, 0.4) is 0 Å². The Morgan fingerprint density at radius 3 is 2.77 bits per heavy atom. The van der Waals surface area contributed by atoms with Gasteiger partial charge in [-0.25, -0.2) is 13.6 Å². The number of benzene rings is 1. The number of hydrogen-bond acceptors (Lipinski definition) is 9. The molecular weight excluding hydrogens is 536 g/mol. The van der Waals surface area contributed by atoms with Gasteiger partial charge in [0.15, 0.2) is 18.2 Å². The minimum Gasteiger partial charge on any atom is -0.456 e. The molecule has 11 nitrogen and oxygen atoms in total. The predicted octanol–water partition coefficient (Wildman–Crippen LogP) is 2.63. The van der Waals surface area contributed by atoms with Crippen molar-refractivity contribution in [2.45, 2.75) is 37.8 Å². The molecule has 14 heteroatoms. The fourth-order valence-corrected chi connectivity index (χ4v) is 5.04. The number of ketones is 1. The summed E-state index contributed by atoms with van der Waals surface area (Å²) in [4.78, 5) is 43.6. The van der Waals surface area contributed by atoms with Gasteiger partial charge in [0.05, 0.1) is 34.5 Å². The Morgan fingerprint density at radius 2 is 2.03 bits per heavy atom. The van der Waals surface area contributed by atoms with Crippen molar-refractivity contribution in [2.75, 3.05) is 6.61 Å². The monoisotopic (exact) mass is 553 g/mol. The topological polar surface area (TPSA) is 144 Å². The average molecular weight is 554 g/mol. The van der Waals surface area contributed by atoms with E-state index in [2.05, 4.69) is 20.5 Å². The molecule has 39 heavy (non-hydrogen) atoms. The van der Waals surface area contributed by atoms with Crippen molar-refractivity contribution in [2.24, 2.45) is 0 Å². The third-order valence-corrected chi connectivity index (χ3v) is 6.92. The van der Waals surface area contributed by atoms with Gasteiger partial charge in [0.25, 0.3) is 0 Å². The SMILES string of the molecule is N#CCc1nccc(C(=O)COC(=O)[C@@H]2CCC3CC(c4c(-n5cnnn5)ccc(Cl)c4F)=CC(=O)N32)c1F. The molecule has 5 rings (SSSR count). The maximum atomic E-state index is 15.2. The first-order chi connectivity index (χ1) is 18.8. The van der Waals surface area contributed by atoms with E-state index in [0.29, 0.717) is 17.7 Å². The van der Waals surface area contributed by atoms with Crippen LogP contribution in [0.4, 0.5) is 8.78 Å². The minimum atomic E-state index is -0.965. The lowest BCUT2D eigenvalue weighted by molar-refractivity contribution is -0.152. The number of carbonyl (C=O) groups is 3. The number of carbonyl (C=O) groups excluding carboxylic acids is 3. The normalized spacial score (nSPS) is 18.4. The zero-order valence-corrected chi connectivity index (χ0v) is 20.8. The molecule has 2 aliphatic heterocycles. The lowest BCUT2D eigenvalue weighted by atomic mass is 9.92. The average Bonchev–Trinajstić information content (AvgIpc) is 3.61. The molecular formula is C25H18ClF2N7O4. The van der Waals surface area contributed by atoms with Gasteiger partial charge in [-0.1, -0.05) is 11.6 Å². The number of amides is 1. The molecule has 1 aromatic carbocycles. The second-order valence-electron chi connectivity index (χ2n) is 8.86. The van der Waals surface area contributed by atoms with Crippen molar-refractivity contribution < 1.29 is 27.9 Å². The molecule has 1 unspecified atom stereocenters. The number of pyridine rings is 1. The van der Waals surface area contributed by atoms with Gasteiger partial charge in [0.1, 0.15) is 12.4 Å². The molecule has 0 saturated carbocycles. The van der Waals surface area contributed by atoms with E-state index < -0.39 is 48.0 Å². The number of ether oxygens (including phenoxy) is 1. The quantitative estimate of drug-likeness (QED) is 0.318. The number of aromatic nitrogens is 5. The molecule has 3 aromatic rings. The highest BCUT2D eigenvalue weighted by Gasteiger charge is 2.44. The summed E-state index contributed by atoms with van der Waals surface area (Å²) < 4.78 is 36.1. The Kier molecular flexibility index (Phi) is 7.12. The second-order valence-corrected chi connectivity index (χ2v) is 9.27. The van der Waals surface area contributed by atoms with Crippen LogP contribution >= 0.6 is 11.6 Å². The number of nitriles is 1. The lowest BCUT2D eigenvalue weighted by Crippen LogP contribution is -2.47. The molecule has 0 spiro atoms. The lowest BCUT2D eigenvalue weighted by Gasteiger charge is -2.33. The predicted molar refractivity (Wildman–Crippen MR) is 129 cm³/mol. The fourth-order valence-electron chi connectivity index (χ4n) is 4.88. The Labute approximate surface area is 224 Å². The molecule has 0 aliphatic carbocycles. The van der Waals surface area contributed by atoms with Gasteiger partial charge in [0, 0.05) is 23.9 Å². The molecule has 1 amide bonds. The van der Waals surface area contributed by atoms with E-state index in [1.54, 1.807) is 6.07 Å². The number of halogens is 3. The third-order valence-electron chi connectivity index (χ3n) is 6.63. The standard InChI is InChI=1S/C25H18ClF2N7O4/c26-16-2-4-18(34-12-31-32-33-34)22(24(16)28)13-9-14-1-3-19(35(14)21(37)10-13)25(38)39-11-20(36)15-6-8-30-17(5-7-29)23(15)27/h2,4,6,8,10,12,14,19H,1,3,5,9,11H2/t14?,19-/m0/s1. The number of Topliss-reactive ketones (excluding diaryl/α,β-unsaturated/α-hetero) is 1. The third kappa shape index (κ3) is 4.86. The van der Waals surface area contributed by atoms with Crippen molar-refractivity contribution in [1.29, 1.82) is 5.26 Å². The highest BCUT2D eigenvalue weighted by atomic mass is 35.5. The van der Waals surface area contributed by atoms with E-state index in [1.807, 2.05) is 0 Å².